The highest BCUT2D eigenvalue weighted by Gasteiger charge is 2.15. The summed E-state index contributed by atoms with van der Waals surface area (Å²) in [4.78, 5) is 0.352. The maximum absolute atomic E-state index is 12.3. The maximum atomic E-state index is 12.3. The van der Waals surface area contributed by atoms with Gasteiger partial charge in [0, 0.05) is 11.4 Å². The zero-order chi connectivity index (χ0) is 16.1. The molecule has 23 heavy (non-hydrogen) atoms. The van der Waals surface area contributed by atoms with Crippen molar-refractivity contribution in [3.63, 3.8) is 0 Å². The van der Waals surface area contributed by atoms with Crippen molar-refractivity contribution in [2.45, 2.75) is 10.1 Å². The molecule has 0 saturated carbocycles. The van der Waals surface area contributed by atoms with E-state index in [-0.39, 0.29) is 5.75 Å². The van der Waals surface area contributed by atoms with Crippen LogP contribution in [0.1, 0.15) is 0 Å². The van der Waals surface area contributed by atoms with Crippen LogP contribution < -0.4 is 0 Å². The lowest BCUT2D eigenvalue weighted by Gasteiger charge is -2.06. The molecule has 1 aromatic heterocycles. The van der Waals surface area contributed by atoms with Gasteiger partial charge in [-0.15, -0.1) is 10.2 Å². The Kier molecular flexibility index (Phi) is 4.78. The van der Waals surface area contributed by atoms with Crippen LogP contribution in [-0.2, 0) is 9.84 Å². The van der Waals surface area contributed by atoms with Crippen molar-refractivity contribution in [1.29, 1.82) is 0 Å². The molecule has 0 radical (unpaired) electrons. The van der Waals surface area contributed by atoms with E-state index in [2.05, 4.69) is 10.2 Å². The van der Waals surface area contributed by atoms with Crippen molar-refractivity contribution in [2.24, 2.45) is 0 Å². The third-order valence-electron chi connectivity index (χ3n) is 3.24. The smallest absolute Gasteiger partial charge is 0.195 e. The van der Waals surface area contributed by atoms with Gasteiger partial charge in [0.2, 0.25) is 0 Å². The molecule has 0 saturated heterocycles. The quantitative estimate of drug-likeness (QED) is 0.643. The van der Waals surface area contributed by atoms with Crippen LogP contribution in [0, 0.1) is 0 Å². The van der Waals surface area contributed by atoms with E-state index in [9.17, 15) is 8.42 Å². The average molecular weight is 345 g/mol. The second-order valence-electron chi connectivity index (χ2n) is 4.80. The Morgan fingerprint density at radius 1 is 0.957 bits per heavy atom. The molecule has 0 aliphatic carbocycles. The number of hydrogen-bond donors (Lipinski definition) is 0. The monoisotopic (exact) mass is 345 g/mol. The van der Waals surface area contributed by atoms with Crippen LogP contribution in [0.3, 0.4) is 0 Å². The minimum absolute atomic E-state index is 0.0589. The van der Waals surface area contributed by atoms with E-state index in [1.54, 1.807) is 36.7 Å². The summed E-state index contributed by atoms with van der Waals surface area (Å²) in [6.07, 6.45) is 1.63. The van der Waals surface area contributed by atoms with E-state index in [4.69, 9.17) is 0 Å². The normalized spacial score (nSPS) is 11.5. The van der Waals surface area contributed by atoms with Gasteiger partial charge in [-0.25, -0.2) is 8.42 Å². The van der Waals surface area contributed by atoms with E-state index in [1.165, 1.54) is 11.8 Å². The van der Waals surface area contributed by atoms with Gasteiger partial charge in [-0.2, -0.15) is 0 Å². The van der Waals surface area contributed by atoms with Gasteiger partial charge in [-0.05, 0) is 24.3 Å². The second kappa shape index (κ2) is 6.97. The van der Waals surface area contributed by atoms with Gasteiger partial charge in [0.05, 0.1) is 10.6 Å². The van der Waals surface area contributed by atoms with E-state index in [1.807, 2.05) is 34.9 Å². The molecule has 0 unspecified atom stereocenters. The van der Waals surface area contributed by atoms with Crippen LogP contribution >= 0.6 is 11.8 Å². The molecule has 3 aromatic rings. The Labute approximate surface area is 139 Å². The molecule has 0 amide bonds. The first kappa shape index (κ1) is 15.8. The Morgan fingerprint density at radius 2 is 1.61 bits per heavy atom. The molecule has 0 aliphatic heterocycles. The van der Waals surface area contributed by atoms with Gasteiger partial charge in [-0.1, -0.05) is 48.2 Å². The van der Waals surface area contributed by atoms with E-state index in [0.717, 1.165) is 5.69 Å². The first-order chi connectivity index (χ1) is 11.2. The maximum Gasteiger partial charge on any atom is 0.195 e. The van der Waals surface area contributed by atoms with Crippen LogP contribution in [0.4, 0.5) is 0 Å². The Hall–Kier alpha value is -2.12. The largest absolute Gasteiger partial charge is 0.277 e. The minimum atomic E-state index is -3.27. The van der Waals surface area contributed by atoms with Crippen molar-refractivity contribution in [2.75, 3.05) is 11.5 Å². The number of hydrogen-bond acceptors (Lipinski definition) is 5. The van der Waals surface area contributed by atoms with Crippen molar-refractivity contribution < 1.29 is 8.42 Å². The highest BCUT2D eigenvalue weighted by molar-refractivity contribution is 8.00. The summed E-state index contributed by atoms with van der Waals surface area (Å²) in [7, 11) is -3.27. The topological polar surface area (TPSA) is 64.8 Å². The van der Waals surface area contributed by atoms with Crippen molar-refractivity contribution in [3.05, 3.63) is 67.0 Å². The Balaban J connectivity index is 1.68. The van der Waals surface area contributed by atoms with Crippen molar-refractivity contribution >= 4 is 21.6 Å². The molecule has 5 nitrogen and oxygen atoms in total. The Morgan fingerprint density at radius 3 is 2.30 bits per heavy atom. The molecule has 0 spiro atoms. The van der Waals surface area contributed by atoms with Gasteiger partial charge in [0.25, 0.3) is 0 Å². The van der Waals surface area contributed by atoms with Crippen LogP contribution in [0.15, 0.2) is 77.0 Å². The third kappa shape index (κ3) is 3.80. The summed E-state index contributed by atoms with van der Waals surface area (Å²) in [5.74, 6) is 0.478. The molecule has 0 fully saturated rings. The molecule has 7 heteroatoms. The Bertz CT molecular complexity index is 863. The number of benzene rings is 2. The highest BCUT2D eigenvalue weighted by Crippen LogP contribution is 2.20. The molecular formula is C16H15N3O2S2. The number of thioether (sulfide) groups is 1. The number of nitrogens with zero attached hydrogens (tertiary/aromatic N) is 3. The zero-order valence-electron chi connectivity index (χ0n) is 12.2. The zero-order valence-corrected chi connectivity index (χ0v) is 13.9. The molecule has 0 atom stereocenters. The first-order valence-electron chi connectivity index (χ1n) is 7.03. The number of para-hydroxylation sites is 1. The summed E-state index contributed by atoms with van der Waals surface area (Å²) in [5, 5.41) is 8.66. The van der Waals surface area contributed by atoms with Gasteiger partial charge in [0.15, 0.2) is 15.0 Å². The van der Waals surface area contributed by atoms with Crippen LogP contribution in [0.25, 0.3) is 5.69 Å². The van der Waals surface area contributed by atoms with E-state index >= 15 is 0 Å². The minimum Gasteiger partial charge on any atom is -0.277 e. The summed E-state index contributed by atoms with van der Waals surface area (Å²) < 4.78 is 26.4. The fraction of sp³-hybridized carbons (Fsp3) is 0.125. The summed E-state index contributed by atoms with van der Waals surface area (Å²) >= 11 is 1.38. The lowest BCUT2D eigenvalue weighted by Crippen LogP contribution is -2.09. The fourth-order valence-corrected chi connectivity index (χ4v) is 4.67. The van der Waals surface area contributed by atoms with E-state index in [0.29, 0.717) is 15.8 Å². The molecule has 0 aliphatic rings. The number of aromatic nitrogens is 3. The molecule has 118 valence electrons. The fourth-order valence-electron chi connectivity index (χ4n) is 2.08. The molecule has 2 aromatic carbocycles. The third-order valence-corrected chi connectivity index (χ3v) is 6.17. The van der Waals surface area contributed by atoms with Gasteiger partial charge in [-0.3, -0.25) is 4.57 Å². The summed E-state index contributed by atoms with van der Waals surface area (Å²) in [6.45, 7) is 0. The molecular weight excluding hydrogens is 330 g/mol. The molecule has 1 heterocycles. The highest BCUT2D eigenvalue weighted by atomic mass is 32.2. The van der Waals surface area contributed by atoms with Crippen LogP contribution in [-0.4, -0.2) is 34.7 Å². The van der Waals surface area contributed by atoms with Crippen molar-refractivity contribution in [3.8, 4) is 5.69 Å². The van der Waals surface area contributed by atoms with Crippen LogP contribution in [0.5, 0.6) is 0 Å². The van der Waals surface area contributed by atoms with Crippen LogP contribution in [0.2, 0.25) is 0 Å². The number of sulfone groups is 1. The first-order valence-corrected chi connectivity index (χ1v) is 9.67. The molecule has 0 N–H and O–H groups in total. The molecule has 0 bridgehead atoms. The van der Waals surface area contributed by atoms with Gasteiger partial charge < -0.3 is 0 Å². The molecule has 3 rings (SSSR count). The second-order valence-corrected chi connectivity index (χ2v) is 7.97. The van der Waals surface area contributed by atoms with Gasteiger partial charge in [0.1, 0.15) is 6.33 Å². The van der Waals surface area contributed by atoms with Gasteiger partial charge >= 0.3 is 0 Å². The van der Waals surface area contributed by atoms with Crippen molar-refractivity contribution in [1.82, 2.24) is 14.8 Å². The van der Waals surface area contributed by atoms with E-state index < -0.39 is 9.84 Å². The predicted molar refractivity (Wildman–Crippen MR) is 90.6 cm³/mol. The summed E-state index contributed by atoms with van der Waals surface area (Å²) in [5.41, 5.74) is 0.950. The lowest BCUT2D eigenvalue weighted by molar-refractivity contribution is 0.597. The summed E-state index contributed by atoms with van der Waals surface area (Å²) in [6, 6.07) is 18.2. The average Bonchev–Trinajstić information content (AvgIpc) is 3.05. The number of rotatable bonds is 6. The standard InChI is InChI=1S/C16H15N3O2S2/c20-23(21,15-9-5-2-6-10-15)12-11-22-16-18-17-13-19(16)14-7-3-1-4-8-14/h1-10,13H,11-12H2. The SMILES string of the molecule is O=S(=O)(CCSc1nncn1-c1ccccc1)c1ccccc1. The lowest BCUT2D eigenvalue weighted by atomic mass is 10.3. The predicted octanol–water partition coefficient (Wildman–Crippen LogP) is 2.83.